The summed E-state index contributed by atoms with van der Waals surface area (Å²) in [6.07, 6.45) is 0.960. The van der Waals surface area contributed by atoms with Crippen molar-refractivity contribution in [3.8, 4) is 0 Å². The van der Waals surface area contributed by atoms with E-state index in [-0.39, 0.29) is 12.6 Å². The van der Waals surface area contributed by atoms with Gasteiger partial charge in [0, 0.05) is 0 Å². The predicted octanol–water partition coefficient (Wildman–Crippen LogP) is 3.69. The van der Waals surface area contributed by atoms with Crippen LogP contribution in [0.3, 0.4) is 0 Å². The van der Waals surface area contributed by atoms with E-state index in [1.165, 1.54) is 5.56 Å². The molecule has 2 atom stereocenters. The van der Waals surface area contributed by atoms with Gasteiger partial charge in [-0.1, -0.05) is 67.6 Å². The molecule has 4 heteroatoms. The third kappa shape index (κ3) is 6.05. The van der Waals surface area contributed by atoms with Crippen LogP contribution in [0.25, 0.3) is 0 Å². The zero-order valence-corrected chi connectivity index (χ0v) is 14.0. The average molecular weight is 327 g/mol. The highest BCUT2D eigenvalue weighted by Crippen LogP contribution is 2.10. The lowest BCUT2D eigenvalue weighted by molar-refractivity contribution is 0.0965. The Hall–Kier alpha value is -2.33. The van der Waals surface area contributed by atoms with Gasteiger partial charge in [-0.2, -0.15) is 0 Å². The summed E-state index contributed by atoms with van der Waals surface area (Å²) in [5.41, 5.74) is 2.12. The van der Waals surface area contributed by atoms with E-state index in [2.05, 4.69) is 5.32 Å². The molecule has 0 aliphatic carbocycles. The summed E-state index contributed by atoms with van der Waals surface area (Å²) in [5.74, 6) is 0. The predicted molar refractivity (Wildman–Crippen MR) is 94.6 cm³/mol. The number of carbonyl (C=O) groups excluding carboxylic acids is 1. The minimum atomic E-state index is -0.585. The van der Waals surface area contributed by atoms with Crippen molar-refractivity contribution >= 4 is 6.09 Å². The van der Waals surface area contributed by atoms with Gasteiger partial charge in [-0.25, -0.2) is 4.79 Å². The topological polar surface area (TPSA) is 58.6 Å². The molecular weight excluding hydrogens is 302 g/mol. The van der Waals surface area contributed by atoms with Gasteiger partial charge in [-0.05, 0) is 30.4 Å². The van der Waals surface area contributed by atoms with Gasteiger partial charge >= 0.3 is 6.09 Å². The van der Waals surface area contributed by atoms with E-state index in [0.717, 1.165) is 12.0 Å². The third-order valence-corrected chi connectivity index (χ3v) is 3.99. The van der Waals surface area contributed by atoms with Gasteiger partial charge in [0.15, 0.2) is 0 Å². The maximum absolute atomic E-state index is 12.0. The number of carbonyl (C=O) groups is 1. The summed E-state index contributed by atoms with van der Waals surface area (Å²) in [4.78, 5) is 12.0. The molecule has 0 aromatic heterocycles. The van der Waals surface area contributed by atoms with E-state index in [4.69, 9.17) is 4.74 Å². The number of nitrogens with one attached hydrogen (secondary N) is 1. The molecule has 24 heavy (non-hydrogen) atoms. The summed E-state index contributed by atoms with van der Waals surface area (Å²) < 4.78 is 5.24. The number of hydrogen-bond donors (Lipinski definition) is 2. The Labute approximate surface area is 143 Å². The number of aliphatic hydroxyl groups is 1. The minimum absolute atomic E-state index is 0.223. The second-order valence-corrected chi connectivity index (χ2v) is 5.81. The molecule has 0 radical (unpaired) electrons. The van der Waals surface area contributed by atoms with Gasteiger partial charge < -0.3 is 15.2 Å². The van der Waals surface area contributed by atoms with Crippen molar-refractivity contribution in [3.05, 3.63) is 71.8 Å². The molecule has 2 rings (SSSR count). The fourth-order valence-electron chi connectivity index (χ4n) is 2.53. The van der Waals surface area contributed by atoms with Crippen molar-refractivity contribution in [1.82, 2.24) is 5.32 Å². The van der Waals surface area contributed by atoms with Crippen LogP contribution < -0.4 is 5.32 Å². The smallest absolute Gasteiger partial charge is 0.407 e. The van der Waals surface area contributed by atoms with Crippen molar-refractivity contribution in [3.63, 3.8) is 0 Å². The second-order valence-electron chi connectivity index (χ2n) is 5.81. The molecule has 0 heterocycles. The van der Waals surface area contributed by atoms with Crippen LogP contribution in [0.1, 0.15) is 30.9 Å². The number of rotatable bonds is 8. The van der Waals surface area contributed by atoms with Crippen LogP contribution in [0.5, 0.6) is 0 Å². The van der Waals surface area contributed by atoms with Crippen LogP contribution in [0.15, 0.2) is 60.7 Å². The van der Waals surface area contributed by atoms with Crippen LogP contribution in [0.4, 0.5) is 4.79 Å². The molecule has 2 N–H and O–H groups in total. The number of amides is 1. The van der Waals surface area contributed by atoms with E-state index in [0.29, 0.717) is 12.8 Å². The molecular formula is C20H25NO3. The molecule has 4 nitrogen and oxygen atoms in total. The standard InChI is InChI=1S/C20H25NO3/c1-2-19(22)18(14-13-16-9-5-3-6-10-16)21-20(23)24-15-17-11-7-4-8-12-17/h3-12,18-19,22H,2,13-15H2,1H3,(H,21,23)/t18-,19+/m0/s1. The summed E-state index contributed by atoms with van der Waals surface area (Å²) in [6.45, 7) is 2.12. The lowest BCUT2D eigenvalue weighted by Crippen LogP contribution is -2.43. The maximum Gasteiger partial charge on any atom is 0.407 e. The van der Waals surface area contributed by atoms with Crippen molar-refractivity contribution in [1.29, 1.82) is 0 Å². The quantitative estimate of drug-likeness (QED) is 0.777. The largest absolute Gasteiger partial charge is 0.445 e. The number of aryl methyl sites for hydroxylation is 1. The van der Waals surface area contributed by atoms with Gasteiger partial charge in [0.05, 0.1) is 12.1 Å². The fourth-order valence-corrected chi connectivity index (χ4v) is 2.53. The third-order valence-electron chi connectivity index (χ3n) is 3.99. The van der Waals surface area contributed by atoms with E-state index in [9.17, 15) is 9.90 Å². The summed E-state index contributed by atoms with van der Waals surface area (Å²) >= 11 is 0. The van der Waals surface area contributed by atoms with Crippen LogP contribution in [-0.4, -0.2) is 23.3 Å². The molecule has 0 saturated carbocycles. The van der Waals surface area contributed by atoms with Crippen molar-refractivity contribution in [2.45, 2.75) is 44.9 Å². The monoisotopic (exact) mass is 327 g/mol. The SMILES string of the molecule is CC[C@@H](O)[C@H](CCc1ccccc1)NC(=O)OCc1ccccc1. The Morgan fingerprint density at radius 1 is 1.04 bits per heavy atom. The Kier molecular flexibility index (Phi) is 7.30. The number of alkyl carbamates (subject to hydrolysis) is 1. The van der Waals surface area contributed by atoms with Crippen LogP contribution >= 0.6 is 0 Å². The van der Waals surface area contributed by atoms with Crippen molar-refractivity contribution in [2.75, 3.05) is 0 Å². The van der Waals surface area contributed by atoms with Crippen molar-refractivity contribution < 1.29 is 14.6 Å². The first-order chi connectivity index (χ1) is 11.7. The second kappa shape index (κ2) is 9.73. The maximum atomic E-state index is 12.0. The first-order valence-corrected chi connectivity index (χ1v) is 8.38. The van der Waals surface area contributed by atoms with E-state index >= 15 is 0 Å². The first-order valence-electron chi connectivity index (χ1n) is 8.38. The molecule has 0 saturated heterocycles. The average Bonchev–Trinajstić information content (AvgIpc) is 2.64. The van der Waals surface area contributed by atoms with Gasteiger partial charge in [0.25, 0.3) is 0 Å². The Morgan fingerprint density at radius 2 is 1.62 bits per heavy atom. The minimum Gasteiger partial charge on any atom is -0.445 e. The number of ether oxygens (including phenoxy) is 1. The highest BCUT2D eigenvalue weighted by atomic mass is 16.5. The summed E-state index contributed by atoms with van der Waals surface area (Å²) in [6, 6.07) is 19.2. The van der Waals surface area contributed by atoms with Crippen LogP contribution in [-0.2, 0) is 17.8 Å². The van der Waals surface area contributed by atoms with Crippen LogP contribution in [0, 0.1) is 0 Å². The lowest BCUT2D eigenvalue weighted by Gasteiger charge is -2.23. The molecule has 128 valence electrons. The molecule has 0 spiro atoms. The molecule has 2 aromatic rings. The highest BCUT2D eigenvalue weighted by molar-refractivity contribution is 5.67. The number of aliphatic hydroxyl groups excluding tert-OH is 1. The zero-order valence-electron chi connectivity index (χ0n) is 14.0. The number of benzene rings is 2. The molecule has 0 aliphatic rings. The van der Waals surface area contributed by atoms with E-state index in [1.54, 1.807) is 0 Å². The van der Waals surface area contributed by atoms with Crippen LogP contribution in [0.2, 0.25) is 0 Å². The van der Waals surface area contributed by atoms with E-state index < -0.39 is 12.2 Å². The van der Waals surface area contributed by atoms with Gasteiger partial charge in [-0.15, -0.1) is 0 Å². The molecule has 2 aromatic carbocycles. The van der Waals surface area contributed by atoms with Gasteiger partial charge in [-0.3, -0.25) is 0 Å². The highest BCUT2D eigenvalue weighted by Gasteiger charge is 2.20. The summed E-state index contributed by atoms with van der Waals surface area (Å²) in [7, 11) is 0. The Balaban J connectivity index is 1.84. The Bertz CT molecular complexity index is 601. The fraction of sp³-hybridized carbons (Fsp3) is 0.350. The molecule has 0 aliphatic heterocycles. The van der Waals surface area contributed by atoms with Gasteiger partial charge in [0.1, 0.15) is 6.61 Å². The molecule has 0 fully saturated rings. The summed E-state index contributed by atoms with van der Waals surface area (Å²) in [5, 5.41) is 13.0. The molecule has 0 bridgehead atoms. The number of hydrogen-bond acceptors (Lipinski definition) is 3. The Morgan fingerprint density at radius 3 is 2.21 bits per heavy atom. The lowest BCUT2D eigenvalue weighted by atomic mass is 10.00. The van der Waals surface area contributed by atoms with Crippen molar-refractivity contribution in [2.24, 2.45) is 0 Å². The normalized spacial score (nSPS) is 13.1. The molecule has 0 unspecified atom stereocenters. The molecule has 1 amide bonds. The van der Waals surface area contributed by atoms with E-state index in [1.807, 2.05) is 67.6 Å². The van der Waals surface area contributed by atoms with Gasteiger partial charge in [0.2, 0.25) is 0 Å². The zero-order chi connectivity index (χ0) is 17.2. The first kappa shape index (κ1) is 18.0.